The molecular weight excluding hydrogens is 512 g/mol. The maximum atomic E-state index is 13.5. The summed E-state index contributed by atoms with van der Waals surface area (Å²) in [7, 11) is 1.66. The first-order valence-electron chi connectivity index (χ1n) is 15.4. The van der Waals surface area contributed by atoms with Crippen LogP contribution in [0.1, 0.15) is 56.6 Å². The van der Waals surface area contributed by atoms with E-state index in [1.807, 2.05) is 35.2 Å². The molecule has 1 N–H and O–H groups in total. The molecule has 2 fully saturated rings. The summed E-state index contributed by atoms with van der Waals surface area (Å²) in [5, 5.41) is 1.18. The van der Waals surface area contributed by atoms with Crippen molar-refractivity contribution in [1.82, 2.24) is 19.7 Å². The summed E-state index contributed by atoms with van der Waals surface area (Å²) in [6.07, 6.45) is 9.58. The minimum atomic E-state index is 0.00654. The number of carbonyl (C=O) groups excluding carboxylic acids is 2. The van der Waals surface area contributed by atoms with Gasteiger partial charge in [-0.1, -0.05) is 42.8 Å². The Morgan fingerprint density at radius 3 is 2.46 bits per heavy atom. The van der Waals surface area contributed by atoms with Gasteiger partial charge in [-0.2, -0.15) is 0 Å². The summed E-state index contributed by atoms with van der Waals surface area (Å²) >= 11 is 0. The van der Waals surface area contributed by atoms with Crippen molar-refractivity contribution in [3.63, 3.8) is 0 Å². The third-order valence-corrected chi connectivity index (χ3v) is 9.04. The number of benzene rings is 2. The molecule has 0 spiro atoms. The molecule has 7 nitrogen and oxygen atoms in total. The van der Waals surface area contributed by atoms with E-state index < -0.39 is 0 Å². The number of methoxy groups -OCH3 is 1. The van der Waals surface area contributed by atoms with Gasteiger partial charge in [0, 0.05) is 68.2 Å². The van der Waals surface area contributed by atoms with Crippen LogP contribution in [0, 0.1) is 5.92 Å². The molecule has 1 amide bonds. The number of aromatic nitrogens is 1. The smallest absolute Gasteiger partial charge is 0.219 e. The highest BCUT2D eigenvalue weighted by molar-refractivity contribution is 5.84. The van der Waals surface area contributed by atoms with Crippen LogP contribution in [-0.2, 0) is 22.6 Å². The number of amides is 1. The number of piperidine rings is 2. The lowest BCUT2D eigenvalue weighted by Gasteiger charge is -2.40. The first kappa shape index (κ1) is 29.3. The number of nitrogens with zero attached hydrogens (tertiary/aromatic N) is 3. The van der Waals surface area contributed by atoms with Crippen molar-refractivity contribution < 1.29 is 14.3 Å². The number of hydrogen-bond donors (Lipinski definition) is 1. The zero-order valence-electron chi connectivity index (χ0n) is 24.8. The van der Waals surface area contributed by atoms with Gasteiger partial charge in [-0.05, 0) is 68.8 Å². The Morgan fingerprint density at radius 2 is 1.71 bits per heavy atom. The number of rotatable bonds is 12. The summed E-state index contributed by atoms with van der Waals surface area (Å²) < 4.78 is 5.55. The summed E-state index contributed by atoms with van der Waals surface area (Å²) in [5.74, 6) is 1.07. The molecule has 0 unspecified atom stereocenters. The summed E-state index contributed by atoms with van der Waals surface area (Å²) in [4.78, 5) is 36.6. The molecule has 2 aliphatic rings. The van der Waals surface area contributed by atoms with Gasteiger partial charge < -0.3 is 19.5 Å². The highest BCUT2D eigenvalue weighted by Crippen LogP contribution is 2.26. The molecule has 1 atom stereocenters. The summed E-state index contributed by atoms with van der Waals surface area (Å²) in [5.41, 5.74) is 3.27. The number of hydrogen-bond acceptors (Lipinski definition) is 5. The van der Waals surface area contributed by atoms with Crippen molar-refractivity contribution in [3.05, 3.63) is 65.9 Å². The first-order chi connectivity index (χ1) is 20.0. The lowest BCUT2D eigenvalue weighted by atomic mass is 9.92. The maximum absolute atomic E-state index is 13.5. The van der Waals surface area contributed by atoms with Crippen molar-refractivity contribution in [2.24, 2.45) is 5.92 Å². The van der Waals surface area contributed by atoms with Crippen LogP contribution in [-0.4, -0.2) is 83.8 Å². The van der Waals surface area contributed by atoms with E-state index in [-0.39, 0.29) is 17.6 Å². The summed E-state index contributed by atoms with van der Waals surface area (Å²) in [6, 6.07) is 16.8. The number of fused-ring (bicyclic) bond motifs is 1. The van der Waals surface area contributed by atoms with Gasteiger partial charge in [0.05, 0.1) is 13.7 Å². The zero-order chi connectivity index (χ0) is 28.6. The van der Waals surface area contributed by atoms with E-state index in [0.717, 1.165) is 49.2 Å². The average Bonchev–Trinajstić information content (AvgIpc) is 3.40. The van der Waals surface area contributed by atoms with E-state index in [4.69, 9.17) is 4.74 Å². The molecule has 220 valence electrons. The van der Waals surface area contributed by atoms with Crippen molar-refractivity contribution in [3.8, 4) is 5.75 Å². The van der Waals surface area contributed by atoms with Gasteiger partial charge in [-0.3, -0.25) is 14.5 Å². The Labute approximate surface area is 244 Å². The second-order valence-corrected chi connectivity index (χ2v) is 12.0. The number of aromatic amines is 1. The highest BCUT2D eigenvalue weighted by atomic mass is 16.5. The minimum absolute atomic E-state index is 0.00654. The number of nitrogens with one attached hydrogen (secondary N) is 1. The Kier molecular flexibility index (Phi) is 10.1. The number of ketones is 1. The Morgan fingerprint density at radius 1 is 0.976 bits per heavy atom. The third-order valence-electron chi connectivity index (χ3n) is 9.04. The van der Waals surface area contributed by atoms with E-state index in [0.29, 0.717) is 32.1 Å². The molecule has 1 aromatic heterocycles. The molecule has 41 heavy (non-hydrogen) atoms. The lowest BCUT2D eigenvalue weighted by molar-refractivity contribution is -0.131. The van der Waals surface area contributed by atoms with Crippen molar-refractivity contribution in [2.45, 2.75) is 64.5 Å². The van der Waals surface area contributed by atoms with Crippen molar-refractivity contribution in [2.75, 3.05) is 46.4 Å². The number of likely N-dealkylation sites (tertiary alicyclic amines) is 2. The van der Waals surface area contributed by atoms with E-state index in [1.165, 1.54) is 43.3 Å². The second kappa shape index (κ2) is 14.1. The molecule has 0 saturated carbocycles. The third kappa shape index (κ3) is 7.77. The van der Waals surface area contributed by atoms with Crippen LogP contribution in [0.5, 0.6) is 5.75 Å². The fourth-order valence-corrected chi connectivity index (χ4v) is 6.83. The molecule has 3 aromatic rings. The number of carbonyl (C=O) groups is 2. The predicted molar refractivity (Wildman–Crippen MR) is 164 cm³/mol. The van der Waals surface area contributed by atoms with Gasteiger partial charge >= 0.3 is 0 Å². The Bertz CT molecular complexity index is 1290. The van der Waals surface area contributed by atoms with Crippen molar-refractivity contribution >= 4 is 22.6 Å². The number of H-pyrrole nitrogens is 1. The fraction of sp³-hybridized carbons (Fsp3) is 0.529. The van der Waals surface area contributed by atoms with Crippen LogP contribution in [0.4, 0.5) is 0 Å². The monoisotopic (exact) mass is 558 g/mol. The lowest BCUT2D eigenvalue weighted by Crippen LogP contribution is -2.47. The molecule has 5 rings (SSSR count). The summed E-state index contributed by atoms with van der Waals surface area (Å²) in [6.45, 7) is 7.57. The number of ether oxygens (including phenoxy) is 1. The van der Waals surface area contributed by atoms with Crippen LogP contribution in [0.15, 0.2) is 54.7 Å². The fourth-order valence-electron chi connectivity index (χ4n) is 6.83. The van der Waals surface area contributed by atoms with Gasteiger partial charge in [0.15, 0.2) is 0 Å². The number of para-hydroxylation sites is 2. The molecular formula is C34H46N4O3. The zero-order valence-corrected chi connectivity index (χ0v) is 24.8. The van der Waals surface area contributed by atoms with E-state index in [9.17, 15) is 9.59 Å². The van der Waals surface area contributed by atoms with Gasteiger partial charge in [-0.15, -0.1) is 0 Å². The molecule has 7 heteroatoms. The van der Waals surface area contributed by atoms with E-state index >= 15 is 0 Å². The molecule has 3 heterocycles. The van der Waals surface area contributed by atoms with Crippen LogP contribution in [0.25, 0.3) is 10.9 Å². The van der Waals surface area contributed by atoms with Crippen LogP contribution in [0.2, 0.25) is 0 Å². The highest BCUT2D eigenvalue weighted by Gasteiger charge is 2.28. The first-order valence-corrected chi connectivity index (χ1v) is 15.4. The largest absolute Gasteiger partial charge is 0.496 e. The van der Waals surface area contributed by atoms with E-state index in [1.54, 1.807) is 14.0 Å². The SMILES string of the molecule is COc1ccccc1CN(C[C@@H](CC(=O)CN1CCC(N2CCCCC2)CC1)Cc1c[nH]c2ccccc12)C(C)=O. The second-order valence-electron chi connectivity index (χ2n) is 12.0. The Hall–Kier alpha value is -3.16. The van der Waals surface area contributed by atoms with Gasteiger partial charge in [0.25, 0.3) is 0 Å². The molecule has 0 aliphatic carbocycles. The van der Waals surface area contributed by atoms with Crippen LogP contribution in [0.3, 0.4) is 0 Å². The van der Waals surface area contributed by atoms with Crippen molar-refractivity contribution in [1.29, 1.82) is 0 Å². The molecule has 2 saturated heterocycles. The van der Waals surface area contributed by atoms with Crippen LogP contribution >= 0.6 is 0 Å². The predicted octanol–water partition coefficient (Wildman–Crippen LogP) is 5.29. The normalized spacial score (nSPS) is 17.9. The van der Waals surface area contributed by atoms with E-state index in [2.05, 4.69) is 39.2 Å². The topological polar surface area (TPSA) is 68.9 Å². The molecule has 2 aromatic carbocycles. The minimum Gasteiger partial charge on any atom is -0.496 e. The van der Waals surface area contributed by atoms with Gasteiger partial charge in [-0.25, -0.2) is 0 Å². The van der Waals surface area contributed by atoms with Gasteiger partial charge in [0.1, 0.15) is 11.5 Å². The molecule has 0 bridgehead atoms. The standard InChI is InChI=1S/C34H46N4O3/c1-26(39)38(24-28-10-4-7-13-34(28)41-2)23-27(20-29-22-35-33-12-6-5-11-32(29)33)21-31(40)25-36-18-14-30(15-19-36)37-16-8-3-9-17-37/h4-7,10-13,22,27,30,35H,3,8-9,14-21,23-25H2,1-2H3/t27-/m1/s1. The quantitative estimate of drug-likeness (QED) is 0.327. The molecule has 0 radical (unpaired) electrons. The maximum Gasteiger partial charge on any atom is 0.219 e. The van der Waals surface area contributed by atoms with Gasteiger partial charge in [0.2, 0.25) is 5.91 Å². The van der Waals surface area contributed by atoms with Crippen LogP contribution < -0.4 is 4.74 Å². The Balaban J connectivity index is 1.25. The molecule has 2 aliphatic heterocycles. The average molecular weight is 559 g/mol. The number of Topliss-reactive ketones (excluding diaryl/α,β-unsaturated/α-hetero) is 1.